The van der Waals surface area contributed by atoms with E-state index in [2.05, 4.69) is 58.0 Å². The van der Waals surface area contributed by atoms with Crippen LogP contribution in [0.2, 0.25) is 0 Å². The van der Waals surface area contributed by atoms with Crippen molar-refractivity contribution in [2.24, 2.45) is 5.92 Å². The summed E-state index contributed by atoms with van der Waals surface area (Å²) >= 11 is 0. The number of fused-ring (bicyclic) bond motifs is 1. The van der Waals surface area contributed by atoms with Crippen molar-refractivity contribution < 1.29 is 0 Å². The summed E-state index contributed by atoms with van der Waals surface area (Å²) in [4.78, 5) is 0. The molecule has 0 aliphatic rings. The molecule has 0 spiro atoms. The molecule has 0 fully saturated rings. The second-order valence-corrected chi connectivity index (χ2v) is 5.46. The molecule has 0 heteroatoms. The minimum atomic E-state index is 0.773. The largest absolute Gasteiger partial charge is 0.0628 e. The second kappa shape index (κ2) is 4.91. The summed E-state index contributed by atoms with van der Waals surface area (Å²) in [6, 6.07) is 11.2. The van der Waals surface area contributed by atoms with Crippen molar-refractivity contribution in [2.45, 2.75) is 40.5 Å². The number of hydrogen-bond acceptors (Lipinski definition) is 0. The molecule has 0 bridgehead atoms. The Bertz CT molecular complexity index is 521. The van der Waals surface area contributed by atoms with Crippen LogP contribution >= 0.6 is 0 Å². The van der Waals surface area contributed by atoms with Gasteiger partial charge in [0.15, 0.2) is 0 Å². The zero-order chi connectivity index (χ0) is 12.4. The molecule has 0 atom stereocenters. The maximum atomic E-state index is 2.30. The molecule has 0 N–H and O–H groups in total. The van der Waals surface area contributed by atoms with Gasteiger partial charge < -0.3 is 0 Å². The molecule has 2 aromatic carbocycles. The number of benzene rings is 2. The highest BCUT2D eigenvalue weighted by Gasteiger charge is 2.06. The van der Waals surface area contributed by atoms with Gasteiger partial charge in [0.2, 0.25) is 0 Å². The molecule has 0 aliphatic carbocycles. The normalized spacial score (nSPS) is 11.4. The molecule has 0 heterocycles. The number of aryl methyl sites for hydroxylation is 3. The maximum absolute atomic E-state index is 2.30. The van der Waals surface area contributed by atoms with Gasteiger partial charge in [0, 0.05) is 0 Å². The van der Waals surface area contributed by atoms with E-state index < -0.39 is 0 Å². The summed E-state index contributed by atoms with van der Waals surface area (Å²) in [6.07, 6.45) is 2.47. The zero-order valence-corrected chi connectivity index (χ0v) is 11.4. The predicted octanol–water partition coefficient (Wildman–Crippen LogP) is 5.05. The molecule has 0 unspecified atom stereocenters. The molecule has 0 radical (unpaired) electrons. The first kappa shape index (κ1) is 12.2. The summed E-state index contributed by atoms with van der Waals surface area (Å²) in [5, 5.41) is 2.86. The van der Waals surface area contributed by atoms with Crippen LogP contribution in [0.25, 0.3) is 10.8 Å². The van der Waals surface area contributed by atoms with Crippen LogP contribution in [0.4, 0.5) is 0 Å². The van der Waals surface area contributed by atoms with E-state index in [1.165, 1.54) is 34.7 Å². The minimum absolute atomic E-state index is 0.773. The van der Waals surface area contributed by atoms with Crippen LogP contribution in [0.1, 0.15) is 37.0 Å². The Morgan fingerprint density at radius 2 is 1.65 bits per heavy atom. The average Bonchev–Trinajstić information content (AvgIpc) is 2.27. The fourth-order valence-electron chi connectivity index (χ4n) is 2.45. The first-order valence-electron chi connectivity index (χ1n) is 6.57. The van der Waals surface area contributed by atoms with Gasteiger partial charge in [-0.25, -0.2) is 0 Å². The van der Waals surface area contributed by atoms with Crippen LogP contribution < -0.4 is 0 Å². The van der Waals surface area contributed by atoms with E-state index in [9.17, 15) is 0 Å². The summed E-state index contributed by atoms with van der Waals surface area (Å²) < 4.78 is 0. The standard InChI is InChI=1S/C17H22/c1-12(2)8-10-15-14(4)9-11-16-13(3)6-5-7-17(15)16/h5-7,9,11-12H,8,10H2,1-4H3. The molecular weight excluding hydrogens is 204 g/mol. The van der Waals surface area contributed by atoms with Crippen molar-refractivity contribution in [1.29, 1.82) is 0 Å². The van der Waals surface area contributed by atoms with Gasteiger partial charge in [-0.05, 0) is 60.1 Å². The molecule has 0 saturated heterocycles. The predicted molar refractivity (Wildman–Crippen MR) is 76.6 cm³/mol. The summed E-state index contributed by atoms with van der Waals surface area (Å²) in [5.41, 5.74) is 4.36. The molecule has 0 nitrogen and oxygen atoms in total. The number of hydrogen-bond donors (Lipinski definition) is 0. The molecule has 90 valence electrons. The Labute approximate surface area is 105 Å². The van der Waals surface area contributed by atoms with Crippen molar-refractivity contribution in [3.63, 3.8) is 0 Å². The molecule has 0 aliphatic heterocycles. The van der Waals surface area contributed by atoms with Gasteiger partial charge >= 0.3 is 0 Å². The fraction of sp³-hybridized carbons (Fsp3) is 0.412. The fourth-order valence-corrected chi connectivity index (χ4v) is 2.45. The van der Waals surface area contributed by atoms with Crippen LogP contribution in [0.3, 0.4) is 0 Å². The van der Waals surface area contributed by atoms with E-state index in [-0.39, 0.29) is 0 Å². The van der Waals surface area contributed by atoms with Gasteiger partial charge in [0.1, 0.15) is 0 Å². The summed E-state index contributed by atoms with van der Waals surface area (Å²) in [5.74, 6) is 0.773. The molecule has 0 amide bonds. The quantitative estimate of drug-likeness (QED) is 0.687. The van der Waals surface area contributed by atoms with Crippen LogP contribution in [0, 0.1) is 19.8 Å². The summed E-state index contributed by atoms with van der Waals surface area (Å²) in [7, 11) is 0. The maximum Gasteiger partial charge on any atom is -0.0147 e. The highest BCUT2D eigenvalue weighted by atomic mass is 14.1. The highest BCUT2D eigenvalue weighted by Crippen LogP contribution is 2.26. The van der Waals surface area contributed by atoms with Crippen molar-refractivity contribution in [1.82, 2.24) is 0 Å². The van der Waals surface area contributed by atoms with E-state index in [4.69, 9.17) is 0 Å². The Balaban J connectivity index is 2.52. The Kier molecular flexibility index (Phi) is 3.51. The SMILES string of the molecule is Cc1ccc2c(C)cccc2c1CCC(C)C. The lowest BCUT2D eigenvalue weighted by Crippen LogP contribution is -1.96. The van der Waals surface area contributed by atoms with E-state index in [0.29, 0.717) is 0 Å². The topological polar surface area (TPSA) is 0 Å². The smallest absolute Gasteiger partial charge is 0.0147 e. The van der Waals surface area contributed by atoms with Crippen molar-refractivity contribution >= 4 is 10.8 Å². The first-order valence-corrected chi connectivity index (χ1v) is 6.57. The van der Waals surface area contributed by atoms with Crippen LogP contribution in [0.5, 0.6) is 0 Å². The van der Waals surface area contributed by atoms with Crippen molar-refractivity contribution in [2.75, 3.05) is 0 Å². The molecule has 2 aromatic rings. The lowest BCUT2D eigenvalue weighted by molar-refractivity contribution is 0.587. The van der Waals surface area contributed by atoms with Gasteiger partial charge in [-0.15, -0.1) is 0 Å². The number of rotatable bonds is 3. The molecule has 2 rings (SSSR count). The van der Waals surface area contributed by atoms with Gasteiger partial charge in [0.05, 0.1) is 0 Å². The van der Waals surface area contributed by atoms with E-state index >= 15 is 0 Å². The van der Waals surface area contributed by atoms with Crippen molar-refractivity contribution in [3.05, 3.63) is 47.0 Å². The van der Waals surface area contributed by atoms with Gasteiger partial charge in [0.25, 0.3) is 0 Å². The monoisotopic (exact) mass is 226 g/mol. The third kappa shape index (κ3) is 2.52. The highest BCUT2D eigenvalue weighted by molar-refractivity contribution is 5.89. The Hall–Kier alpha value is -1.30. The molecule has 17 heavy (non-hydrogen) atoms. The molecular formula is C17H22. The van der Waals surface area contributed by atoms with E-state index in [1.54, 1.807) is 5.56 Å². The third-order valence-corrected chi connectivity index (χ3v) is 3.60. The van der Waals surface area contributed by atoms with E-state index in [0.717, 1.165) is 5.92 Å². The first-order chi connectivity index (χ1) is 8.09. The van der Waals surface area contributed by atoms with Crippen LogP contribution in [-0.2, 0) is 6.42 Å². The third-order valence-electron chi connectivity index (χ3n) is 3.60. The molecule has 0 saturated carbocycles. The van der Waals surface area contributed by atoms with Crippen molar-refractivity contribution in [3.8, 4) is 0 Å². The van der Waals surface area contributed by atoms with Gasteiger partial charge in [-0.2, -0.15) is 0 Å². The summed E-state index contributed by atoms with van der Waals surface area (Å²) in [6.45, 7) is 9.03. The van der Waals surface area contributed by atoms with Gasteiger partial charge in [-0.3, -0.25) is 0 Å². The average molecular weight is 226 g/mol. The molecule has 0 aromatic heterocycles. The Morgan fingerprint density at radius 1 is 0.882 bits per heavy atom. The minimum Gasteiger partial charge on any atom is -0.0628 e. The van der Waals surface area contributed by atoms with Crippen LogP contribution in [0.15, 0.2) is 30.3 Å². The lowest BCUT2D eigenvalue weighted by Gasteiger charge is -2.13. The lowest BCUT2D eigenvalue weighted by atomic mass is 9.92. The van der Waals surface area contributed by atoms with Gasteiger partial charge in [-0.1, -0.05) is 44.2 Å². The van der Waals surface area contributed by atoms with Crippen LogP contribution in [-0.4, -0.2) is 0 Å². The zero-order valence-electron chi connectivity index (χ0n) is 11.4. The Morgan fingerprint density at radius 3 is 2.35 bits per heavy atom. The second-order valence-electron chi connectivity index (χ2n) is 5.46. The van der Waals surface area contributed by atoms with E-state index in [1.807, 2.05) is 0 Å².